The summed E-state index contributed by atoms with van der Waals surface area (Å²) in [6.45, 7) is 9.81. The molecule has 2 atom stereocenters. The Labute approximate surface area is 117 Å². The van der Waals surface area contributed by atoms with Crippen molar-refractivity contribution in [1.29, 1.82) is 0 Å². The number of aryl methyl sites for hydroxylation is 2. The third-order valence-corrected chi connectivity index (χ3v) is 4.63. The molecular formula is C17H27NO. The van der Waals surface area contributed by atoms with E-state index in [0.29, 0.717) is 12.1 Å². The highest BCUT2D eigenvalue weighted by molar-refractivity contribution is 5.46. The molecule has 1 saturated heterocycles. The van der Waals surface area contributed by atoms with Gasteiger partial charge >= 0.3 is 0 Å². The molecule has 1 aromatic carbocycles. The van der Waals surface area contributed by atoms with Gasteiger partial charge in [-0.25, -0.2) is 0 Å². The van der Waals surface area contributed by atoms with Crippen LogP contribution in [0.2, 0.25) is 0 Å². The molecule has 2 unspecified atom stereocenters. The van der Waals surface area contributed by atoms with Crippen LogP contribution in [0.15, 0.2) is 6.07 Å². The van der Waals surface area contributed by atoms with Crippen LogP contribution in [0.4, 0.5) is 0 Å². The third-order valence-electron chi connectivity index (χ3n) is 4.63. The minimum absolute atomic E-state index is 0.317. The summed E-state index contributed by atoms with van der Waals surface area (Å²) in [5.74, 6) is 0. The van der Waals surface area contributed by atoms with Crippen molar-refractivity contribution < 1.29 is 4.74 Å². The largest absolute Gasteiger partial charge is 0.376 e. The van der Waals surface area contributed by atoms with Crippen LogP contribution in [-0.2, 0) is 4.74 Å². The van der Waals surface area contributed by atoms with Crippen LogP contribution in [0.3, 0.4) is 0 Å². The quantitative estimate of drug-likeness (QED) is 0.894. The summed E-state index contributed by atoms with van der Waals surface area (Å²) in [5.41, 5.74) is 7.04. The number of likely N-dealkylation sites (N-methyl/N-ethyl adjacent to an activating group) is 1. The fourth-order valence-electron chi connectivity index (χ4n) is 3.26. The number of hydrogen-bond acceptors (Lipinski definition) is 2. The summed E-state index contributed by atoms with van der Waals surface area (Å²) in [6.07, 6.45) is 3.97. The van der Waals surface area contributed by atoms with Crippen LogP contribution in [0, 0.1) is 27.7 Å². The van der Waals surface area contributed by atoms with Crippen LogP contribution >= 0.6 is 0 Å². The minimum atomic E-state index is 0.317. The van der Waals surface area contributed by atoms with E-state index in [1.54, 1.807) is 0 Å². The molecule has 1 aliphatic rings. The lowest BCUT2D eigenvalue weighted by Crippen LogP contribution is -2.35. The predicted molar refractivity (Wildman–Crippen MR) is 80.8 cm³/mol. The highest BCUT2D eigenvalue weighted by Gasteiger charge is 2.27. The average molecular weight is 261 g/mol. The Morgan fingerprint density at radius 2 is 1.74 bits per heavy atom. The molecule has 1 aliphatic heterocycles. The van der Waals surface area contributed by atoms with Gasteiger partial charge in [0.05, 0.1) is 12.1 Å². The number of ether oxygens (including phenoxy) is 1. The van der Waals surface area contributed by atoms with Crippen molar-refractivity contribution in [3.8, 4) is 0 Å². The second kappa shape index (κ2) is 6.06. The van der Waals surface area contributed by atoms with E-state index in [4.69, 9.17) is 4.74 Å². The maximum atomic E-state index is 6.01. The fourth-order valence-corrected chi connectivity index (χ4v) is 3.26. The van der Waals surface area contributed by atoms with Crippen molar-refractivity contribution in [1.82, 2.24) is 5.32 Å². The molecule has 0 aliphatic carbocycles. The average Bonchev–Trinajstić information content (AvgIpc) is 2.42. The summed E-state index contributed by atoms with van der Waals surface area (Å²) in [6, 6.07) is 2.61. The molecule has 1 aromatic rings. The normalized spacial score (nSPS) is 21.4. The molecule has 2 rings (SSSR count). The van der Waals surface area contributed by atoms with Gasteiger partial charge in [-0.1, -0.05) is 6.07 Å². The maximum Gasteiger partial charge on any atom is 0.0769 e. The first-order valence-corrected chi connectivity index (χ1v) is 7.42. The summed E-state index contributed by atoms with van der Waals surface area (Å²) in [7, 11) is 2.05. The van der Waals surface area contributed by atoms with E-state index >= 15 is 0 Å². The van der Waals surface area contributed by atoms with Crippen molar-refractivity contribution in [2.45, 2.75) is 59.1 Å². The second-order valence-electron chi connectivity index (χ2n) is 5.85. The van der Waals surface area contributed by atoms with Gasteiger partial charge in [0, 0.05) is 6.61 Å². The van der Waals surface area contributed by atoms with E-state index in [-0.39, 0.29) is 0 Å². The maximum absolute atomic E-state index is 6.01. The smallest absolute Gasteiger partial charge is 0.0769 e. The van der Waals surface area contributed by atoms with Crippen LogP contribution < -0.4 is 5.32 Å². The van der Waals surface area contributed by atoms with E-state index in [9.17, 15) is 0 Å². The molecule has 0 spiro atoms. The zero-order valence-electron chi connectivity index (χ0n) is 13.0. The highest BCUT2D eigenvalue weighted by Crippen LogP contribution is 2.33. The zero-order chi connectivity index (χ0) is 14.0. The summed E-state index contributed by atoms with van der Waals surface area (Å²) >= 11 is 0. The molecule has 0 amide bonds. The van der Waals surface area contributed by atoms with Gasteiger partial charge in [-0.2, -0.15) is 0 Å². The fraction of sp³-hybridized carbons (Fsp3) is 0.647. The second-order valence-corrected chi connectivity index (χ2v) is 5.85. The topological polar surface area (TPSA) is 21.3 Å². The summed E-state index contributed by atoms with van der Waals surface area (Å²) in [4.78, 5) is 0. The summed E-state index contributed by atoms with van der Waals surface area (Å²) < 4.78 is 6.01. The van der Waals surface area contributed by atoms with Crippen molar-refractivity contribution in [2.24, 2.45) is 0 Å². The number of nitrogens with one attached hydrogen (secondary N) is 1. The zero-order valence-corrected chi connectivity index (χ0v) is 13.0. The van der Waals surface area contributed by atoms with Gasteiger partial charge < -0.3 is 10.1 Å². The number of benzene rings is 1. The highest BCUT2D eigenvalue weighted by atomic mass is 16.5. The van der Waals surface area contributed by atoms with Crippen LogP contribution in [0.1, 0.15) is 53.1 Å². The van der Waals surface area contributed by atoms with Gasteiger partial charge in [-0.05, 0) is 81.8 Å². The molecule has 19 heavy (non-hydrogen) atoms. The lowest BCUT2D eigenvalue weighted by atomic mass is 9.86. The molecule has 0 aromatic heterocycles. The van der Waals surface area contributed by atoms with Gasteiger partial charge in [0.25, 0.3) is 0 Å². The van der Waals surface area contributed by atoms with Gasteiger partial charge in [0.2, 0.25) is 0 Å². The molecule has 0 bridgehead atoms. The lowest BCUT2D eigenvalue weighted by Gasteiger charge is -2.33. The van der Waals surface area contributed by atoms with Crippen molar-refractivity contribution >= 4 is 0 Å². The molecule has 2 heteroatoms. The molecule has 1 heterocycles. The Morgan fingerprint density at radius 1 is 1.11 bits per heavy atom. The van der Waals surface area contributed by atoms with E-state index in [1.165, 1.54) is 40.7 Å². The van der Waals surface area contributed by atoms with Gasteiger partial charge in [0.15, 0.2) is 0 Å². The molecule has 1 fully saturated rings. The van der Waals surface area contributed by atoms with Gasteiger partial charge in [-0.3, -0.25) is 0 Å². The Bertz CT molecular complexity index is 421. The Kier molecular flexibility index (Phi) is 4.64. The van der Waals surface area contributed by atoms with E-state index in [2.05, 4.69) is 46.1 Å². The Morgan fingerprint density at radius 3 is 2.21 bits per heavy atom. The molecule has 0 radical (unpaired) electrons. The monoisotopic (exact) mass is 261 g/mol. The first kappa shape index (κ1) is 14.5. The first-order chi connectivity index (χ1) is 9.06. The van der Waals surface area contributed by atoms with E-state index in [0.717, 1.165) is 13.0 Å². The van der Waals surface area contributed by atoms with Gasteiger partial charge in [-0.15, -0.1) is 0 Å². The van der Waals surface area contributed by atoms with E-state index in [1.807, 2.05) is 0 Å². The number of hydrogen-bond donors (Lipinski definition) is 1. The van der Waals surface area contributed by atoms with Crippen molar-refractivity contribution in [3.05, 3.63) is 33.9 Å². The van der Waals surface area contributed by atoms with Gasteiger partial charge in [0.1, 0.15) is 0 Å². The van der Waals surface area contributed by atoms with Crippen molar-refractivity contribution in [2.75, 3.05) is 13.7 Å². The first-order valence-electron chi connectivity index (χ1n) is 7.42. The SMILES string of the molecule is CNC(c1c(C)c(C)cc(C)c1C)C1CCCCO1. The molecule has 1 N–H and O–H groups in total. The summed E-state index contributed by atoms with van der Waals surface area (Å²) in [5, 5.41) is 3.50. The Hall–Kier alpha value is -0.860. The van der Waals surface area contributed by atoms with Crippen molar-refractivity contribution in [3.63, 3.8) is 0 Å². The third kappa shape index (κ3) is 2.85. The van der Waals surface area contributed by atoms with Crippen LogP contribution in [0.5, 0.6) is 0 Å². The molecule has 106 valence electrons. The standard InChI is InChI=1S/C17H27NO/c1-11-10-12(2)14(4)16(13(11)3)17(18-5)15-8-6-7-9-19-15/h10,15,17-18H,6-9H2,1-5H3. The van der Waals surface area contributed by atoms with Crippen LogP contribution in [0.25, 0.3) is 0 Å². The lowest BCUT2D eigenvalue weighted by molar-refractivity contribution is -0.00689. The molecule has 2 nitrogen and oxygen atoms in total. The predicted octanol–water partition coefficient (Wildman–Crippen LogP) is 3.75. The Balaban J connectivity index is 2.42. The molecule has 0 saturated carbocycles. The van der Waals surface area contributed by atoms with E-state index < -0.39 is 0 Å². The molecular weight excluding hydrogens is 234 g/mol. The van der Waals surface area contributed by atoms with Crippen LogP contribution in [-0.4, -0.2) is 19.8 Å². The minimum Gasteiger partial charge on any atom is -0.376 e. The number of rotatable bonds is 3.